The Labute approximate surface area is 86.8 Å². The Hall–Kier alpha value is -1.75. The molecular weight excluding hydrogens is 195 g/mol. The van der Waals surface area contributed by atoms with Gasteiger partial charge >= 0.3 is 0 Å². The summed E-state index contributed by atoms with van der Waals surface area (Å²) in [5.74, 6) is 0.333. The van der Waals surface area contributed by atoms with E-state index in [9.17, 15) is 4.39 Å². The third-order valence-corrected chi connectivity index (χ3v) is 1.97. The Kier molecular flexibility index (Phi) is 2.73. The second kappa shape index (κ2) is 4.18. The minimum absolute atomic E-state index is 0.307. The van der Waals surface area contributed by atoms with Crippen LogP contribution in [0.3, 0.4) is 0 Å². The van der Waals surface area contributed by atoms with Crippen molar-refractivity contribution < 1.29 is 4.39 Å². The summed E-state index contributed by atoms with van der Waals surface area (Å²) in [6.45, 7) is 0.571. The lowest BCUT2D eigenvalue weighted by atomic mass is 10.3. The van der Waals surface area contributed by atoms with Gasteiger partial charge in [-0.15, -0.1) is 5.10 Å². The Morgan fingerprint density at radius 2 is 2.20 bits per heavy atom. The van der Waals surface area contributed by atoms with Crippen molar-refractivity contribution in [1.29, 1.82) is 0 Å². The van der Waals surface area contributed by atoms with Crippen molar-refractivity contribution in [3.8, 4) is 5.69 Å². The lowest BCUT2D eigenvalue weighted by molar-refractivity contribution is 0.609. The molecule has 4 nitrogen and oxygen atoms in total. The number of rotatable bonds is 3. The molecular formula is C10H11FN4. The highest BCUT2D eigenvalue weighted by atomic mass is 19.1. The number of halogens is 1. The van der Waals surface area contributed by atoms with Gasteiger partial charge in [0.1, 0.15) is 17.8 Å². The van der Waals surface area contributed by atoms with Crippen LogP contribution in [-0.4, -0.2) is 21.8 Å². The van der Waals surface area contributed by atoms with Gasteiger partial charge in [0.2, 0.25) is 0 Å². The van der Waals surface area contributed by atoms with Crippen LogP contribution < -0.4 is 5.32 Å². The molecule has 1 heterocycles. The third-order valence-electron chi connectivity index (χ3n) is 1.97. The number of para-hydroxylation sites is 1. The van der Waals surface area contributed by atoms with Crippen LogP contribution in [-0.2, 0) is 6.54 Å². The van der Waals surface area contributed by atoms with Crippen molar-refractivity contribution in [3.63, 3.8) is 0 Å². The fourth-order valence-corrected chi connectivity index (χ4v) is 1.29. The molecule has 1 aromatic heterocycles. The Bertz CT molecular complexity index is 452. The fourth-order valence-electron chi connectivity index (χ4n) is 1.29. The highest BCUT2D eigenvalue weighted by molar-refractivity contribution is 5.31. The van der Waals surface area contributed by atoms with Gasteiger partial charge in [0.05, 0.1) is 6.54 Å². The summed E-state index contributed by atoms with van der Waals surface area (Å²) in [7, 11) is 1.81. The molecule has 0 fully saturated rings. The first-order chi connectivity index (χ1) is 7.31. The Morgan fingerprint density at radius 3 is 2.93 bits per heavy atom. The summed E-state index contributed by atoms with van der Waals surface area (Å²) >= 11 is 0. The topological polar surface area (TPSA) is 42.7 Å². The maximum atomic E-state index is 13.4. The molecule has 0 aliphatic heterocycles. The predicted octanol–water partition coefficient (Wildman–Crippen LogP) is 1.13. The zero-order valence-electron chi connectivity index (χ0n) is 8.31. The average molecular weight is 206 g/mol. The summed E-state index contributed by atoms with van der Waals surface area (Å²) < 4.78 is 14.8. The minimum Gasteiger partial charge on any atom is -0.313 e. The van der Waals surface area contributed by atoms with Crippen molar-refractivity contribution >= 4 is 0 Å². The zero-order chi connectivity index (χ0) is 10.7. The first-order valence-corrected chi connectivity index (χ1v) is 4.61. The van der Waals surface area contributed by atoms with Gasteiger partial charge in [-0.1, -0.05) is 12.1 Å². The van der Waals surface area contributed by atoms with E-state index in [-0.39, 0.29) is 5.82 Å². The maximum absolute atomic E-state index is 13.4. The monoisotopic (exact) mass is 206 g/mol. The quantitative estimate of drug-likeness (QED) is 0.818. The maximum Gasteiger partial charge on any atom is 0.164 e. The van der Waals surface area contributed by atoms with E-state index in [0.29, 0.717) is 18.1 Å². The molecule has 0 aliphatic rings. The molecule has 1 aromatic carbocycles. The molecule has 5 heteroatoms. The normalized spacial score (nSPS) is 10.5. The number of hydrogen-bond acceptors (Lipinski definition) is 3. The summed E-state index contributed by atoms with van der Waals surface area (Å²) in [5.41, 5.74) is 0.410. The van der Waals surface area contributed by atoms with Crippen LogP contribution in [0, 0.1) is 5.82 Å². The average Bonchev–Trinajstić information content (AvgIpc) is 2.68. The van der Waals surface area contributed by atoms with E-state index in [4.69, 9.17) is 0 Å². The van der Waals surface area contributed by atoms with E-state index in [1.807, 2.05) is 7.05 Å². The highest BCUT2D eigenvalue weighted by Crippen LogP contribution is 2.10. The van der Waals surface area contributed by atoms with Gasteiger partial charge < -0.3 is 5.32 Å². The van der Waals surface area contributed by atoms with Crippen LogP contribution in [0.25, 0.3) is 5.69 Å². The van der Waals surface area contributed by atoms with Crippen molar-refractivity contribution in [2.24, 2.45) is 0 Å². The highest BCUT2D eigenvalue weighted by Gasteiger charge is 2.05. The van der Waals surface area contributed by atoms with Crippen molar-refractivity contribution in [2.75, 3.05) is 7.05 Å². The molecule has 0 atom stereocenters. The second-order valence-corrected chi connectivity index (χ2v) is 3.09. The number of hydrogen-bond donors (Lipinski definition) is 1. The molecule has 1 N–H and O–H groups in total. The minimum atomic E-state index is -0.307. The third kappa shape index (κ3) is 2.02. The molecule has 0 aliphatic carbocycles. The van der Waals surface area contributed by atoms with E-state index < -0.39 is 0 Å². The van der Waals surface area contributed by atoms with Crippen LogP contribution in [0.15, 0.2) is 30.6 Å². The van der Waals surface area contributed by atoms with Gasteiger partial charge in [0.25, 0.3) is 0 Å². The van der Waals surface area contributed by atoms with Gasteiger partial charge in [-0.05, 0) is 19.2 Å². The SMILES string of the molecule is CNCc1ncn(-c2ccccc2F)n1. The van der Waals surface area contributed by atoms with Crippen LogP contribution in [0.4, 0.5) is 4.39 Å². The molecule has 15 heavy (non-hydrogen) atoms. The summed E-state index contributed by atoms with van der Waals surface area (Å²) in [6, 6.07) is 6.46. The predicted molar refractivity (Wildman–Crippen MR) is 54.1 cm³/mol. The van der Waals surface area contributed by atoms with Gasteiger partial charge in [0, 0.05) is 0 Å². The molecule has 2 rings (SSSR count). The first-order valence-electron chi connectivity index (χ1n) is 4.61. The largest absolute Gasteiger partial charge is 0.313 e. The molecule has 2 aromatic rings. The van der Waals surface area contributed by atoms with Crippen molar-refractivity contribution in [3.05, 3.63) is 42.2 Å². The summed E-state index contributed by atoms with van der Waals surface area (Å²) in [6.07, 6.45) is 1.51. The van der Waals surface area contributed by atoms with Crippen LogP contribution in [0.1, 0.15) is 5.82 Å². The van der Waals surface area contributed by atoms with Gasteiger partial charge in [-0.3, -0.25) is 0 Å². The van der Waals surface area contributed by atoms with Crippen LogP contribution >= 0.6 is 0 Å². The van der Waals surface area contributed by atoms with Gasteiger partial charge in [-0.2, -0.15) is 0 Å². The molecule has 0 amide bonds. The molecule has 0 radical (unpaired) electrons. The van der Waals surface area contributed by atoms with Gasteiger partial charge in [-0.25, -0.2) is 14.1 Å². The van der Waals surface area contributed by atoms with Crippen LogP contribution in [0.2, 0.25) is 0 Å². The van der Waals surface area contributed by atoms with Crippen molar-refractivity contribution in [1.82, 2.24) is 20.1 Å². The van der Waals surface area contributed by atoms with Crippen molar-refractivity contribution in [2.45, 2.75) is 6.54 Å². The lowest BCUT2D eigenvalue weighted by Crippen LogP contribution is -2.07. The zero-order valence-corrected chi connectivity index (χ0v) is 8.31. The first kappa shape index (κ1) is 9.79. The van der Waals surface area contributed by atoms with E-state index >= 15 is 0 Å². The standard InChI is InChI=1S/C10H11FN4/c1-12-6-10-13-7-15(14-10)9-5-3-2-4-8(9)11/h2-5,7,12H,6H2,1H3. The van der Waals surface area contributed by atoms with E-state index in [1.165, 1.54) is 17.1 Å². The number of nitrogens with one attached hydrogen (secondary N) is 1. The smallest absolute Gasteiger partial charge is 0.164 e. The van der Waals surface area contributed by atoms with E-state index in [2.05, 4.69) is 15.4 Å². The fraction of sp³-hybridized carbons (Fsp3) is 0.200. The molecule has 0 spiro atoms. The van der Waals surface area contributed by atoms with E-state index in [1.54, 1.807) is 18.2 Å². The van der Waals surface area contributed by atoms with Crippen LogP contribution in [0.5, 0.6) is 0 Å². The molecule has 78 valence electrons. The summed E-state index contributed by atoms with van der Waals surface area (Å²) in [4.78, 5) is 4.05. The van der Waals surface area contributed by atoms with E-state index in [0.717, 1.165) is 0 Å². The summed E-state index contributed by atoms with van der Waals surface area (Å²) in [5, 5.41) is 7.07. The second-order valence-electron chi connectivity index (χ2n) is 3.09. The Morgan fingerprint density at radius 1 is 1.40 bits per heavy atom. The molecule has 0 saturated heterocycles. The number of nitrogens with zero attached hydrogens (tertiary/aromatic N) is 3. The Balaban J connectivity index is 2.33. The lowest BCUT2D eigenvalue weighted by Gasteiger charge is -2.00. The number of aromatic nitrogens is 3. The van der Waals surface area contributed by atoms with Gasteiger partial charge in [0.15, 0.2) is 5.82 Å². The molecule has 0 bridgehead atoms. The molecule has 0 saturated carbocycles. The molecule has 0 unspecified atom stereocenters. The number of benzene rings is 1.